The molecule has 0 aromatic carbocycles. The summed E-state index contributed by atoms with van der Waals surface area (Å²) in [7, 11) is 0. The largest absolute Gasteiger partial charge is 0.463 e. The van der Waals surface area contributed by atoms with Crippen LogP contribution in [0.25, 0.3) is 0 Å². The maximum atomic E-state index is 11.7. The van der Waals surface area contributed by atoms with Crippen LogP contribution in [0.2, 0.25) is 0 Å². The highest BCUT2D eigenvalue weighted by Crippen LogP contribution is 2.68. The lowest BCUT2D eigenvalue weighted by atomic mass is 9.43. The van der Waals surface area contributed by atoms with Crippen molar-refractivity contribution in [2.45, 2.75) is 83.0 Å². The fourth-order valence-corrected chi connectivity index (χ4v) is 6.94. The minimum Gasteiger partial charge on any atom is -0.463 e. The first kappa shape index (κ1) is 17.7. The van der Waals surface area contributed by atoms with Gasteiger partial charge in [0, 0.05) is 10.8 Å². The van der Waals surface area contributed by atoms with Crippen molar-refractivity contribution in [2.75, 3.05) is 13.2 Å². The van der Waals surface area contributed by atoms with Crippen LogP contribution in [0.1, 0.15) is 65.7 Å². The second-order valence-corrected chi connectivity index (χ2v) is 9.68. The summed E-state index contributed by atoms with van der Waals surface area (Å²) in [6.45, 7) is 7.01. The summed E-state index contributed by atoms with van der Waals surface area (Å²) in [6.07, 6.45) is 5.36. The summed E-state index contributed by atoms with van der Waals surface area (Å²) < 4.78 is 12.1. The number of cyclic esters (lactones) is 1. The molecule has 0 aromatic rings. The molecule has 142 valence electrons. The Kier molecular flexibility index (Phi) is 3.85. The van der Waals surface area contributed by atoms with Crippen molar-refractivity contribution in [1.82, 2.24) is 0 Å². The second kappa shape index (κ2) is 5.43. The maximum Gasteiger partial charge on any atom is 0.308 e. The van der Waals surface area contributed by atoms with Gasteiger partial charge in [-0.25, -0.2) is 0 Å². The van der Waals surface area contributed by atoms with Crippen LogP contribution in [-0.2, 0) is 14.3 Å². The summed E-state index contributed by atoms with van der Waals surface area (Å²) in [5, 5.41) is 20.8. The van der Waals surface area contributed by atoms with Gasteiger partial charge < -0.3 is 19.7 Å². The van der Waals surface area contributed by atoms with Crippen LogP contribution in [0.4, 0.5) is 0 Å². The van der Waals surface area contributed by atoms with Gasteiger partial charge in [0.2, 0.25) is 0 Å². The van der Waals surface area contributed by atoms with E-state index in [4.69, 9.17) is 9.47 Å². The summed E-state index contributed by atoms with van der Waals surface area (Å²) in [4.78, 5) is 11.7. The molecule has 2 N–H and O–H groups in total. The molecule has 2 heterocycles. The molecule has 5 heteroatoms. The molecule has 7 atom stereocenters. The lowest BCUT2D eigenvalue weighted by Gasteiger charge is -2.65. The Morgan fingerprint density at radius 2 is 1.92 bits per heavy atom. The van der Waals surface area contributed by atoms with E-state index in [0.29, 0.717) is 25.4 Å². The molecule has 2 saturated carbocycles. The summed E-state index contributed by atoms with van der Waals surface area (Å²) in [6, 6.07) is 0. The summed E-state index contributed by atoms with van der Waals surface area (Å²) in [5.74, 6) is 0.474. The minimum atomic E-state index is -0.485. The van der Waals surface area contributed by atoms with Crippen LogP contribution in [0, 0.1) is 22.7 Å². The Hall–Kier alpha value is -0.650. The number of rotatable bonds is 1. The number of hydrogen-bond donors (Lipinski definition) is 2. The van der Waals surface area contributed by atoms with Gasteiger partial charge in [0.15, 0.2) is 0 Å². The quantitative estimate of drug-likeness (QED) is 0.709. The van der Waals surface area contributed by atoms with Crippen molar-refractivity contribution in [2.24, 2.45) is 22.7 Å². The number of aliphatic hydroxyl groups is 2. The molecule has 4 rings (SSSR count). The molecule has 2 spiro atoms. The maximum absolute atomic E-state index is 11.7. The number of carbonyl (C=O) groups excluding carboxylic acids is 1. The van der Waals surface area contributed by atoms with Gasteiger partial charge in [0.25, 0.3) is 0 Å². The van der Waals surface area contributed by atoms with Gasteiger partial charge in [-0.05, 0) is 50.4 Å². The number of hydrogen-bond acceptors (Lipinski definition) is 5. The van der Waals surface area contributed by atoms with Crippen molar-refractivity contribution in [3.8, 4) is 0 Å². The molecule has 0 unspecified atom stereocenters. The third-order valence-corrected chi connectivity index (χ3v) is 8.57. The number of fused-ring (bicyclic) bond motifs is 2. The topological polar surface area (TPSA) is 76.0 Å². The Labute approximate surface area is 150 Å². The molecule has 2 saturated heterocycles. The SMILES string of the molecule is C[C@@H]1CC[C@@H]2[C@](C)(CO)[C@@H](O)CC[C@]2(C)[C@@]12CC[C@]1(COC(=O)C1)O2. The molecule has 4 fully saturated rings. The highest BCUT2D eigenvalue weighted by Gasteiger charge is 2.69. The molecule has 0 radical (unpaired) electrons. The van der Waals surface area contributed by atoms with E-state index in [1.54, 1.807) is 0 Å². The first-order valence-corrected chi connectivity index (χ1v) is 9.86. The van der Waals surface area contributed by atoms with Crippen molar-refractivity contribution in [1.29, 1.82) is 0 Å². The Balaban J connectivity index is 1.74. The molecule has 0 bridgehead atoms. The average Bonchev–Trinajstić information content (AvgIpc) is 3.14. The third kappa shape index (κ3) is 2.15. The molecule has 0 aromatic heterocycles. The monoisotopic (exact) mass is 352 g/mol. The van der Waals surface area contributed by atoms with E-state index in [-0.39, 0.29) is 29.5 Å². The van der Waals surface area contributed by atoms with Crippen LogP contribution in [0.3, 0.4) is 0 Å². The van der Waals surface area contributed by atoms with Crippen LogP contribution < -0.4 is 0 Å². The van der Waals surface area contributed by atoms with Gasteiger partial charge in [-0.2, -0.15) is 0 Å². The number of carbonyl (C=O) groups is 1. The number of ether oxygens (including phenoxy) is 2. The second-order valence-electron chi connectivity index (χ2n) is 9.68. The van der Waals surface area contributed by atoms with Gasteiger partial charge in [0.05, 0.1) is 24.7 Å². The van der Waals surface area contributed by atoms with Crippen LogP contribution in [0.15, 0.2) is 0 Å². The van der Waals surface area contributed by atoms with E-state index in [2.05, 4.69) is 13.8 Å². The van der Waals surface area contributed by atoms with E-state index in [1.165, 1.54) is 0 Å². The zero-order valence-corrected chi connectivity index (χ0v) is 15.7. The summed E-state index contributed by atoms with van der Waals surface area (Å²) in [5.41, 5.74) is -1.33. The molecule has 2 aliphatic carbocycles. The van der Waals surface area contributed by atoms with E-state index >= 15 is 0 Å². The van der Waals surface area contributed by atoms with Crippen molar-refractivity contribution in [3.05, 3.63) is 0 Å². The lowest BCUT2D eigenvalue weighted by molar-refractivity contribution is -0.266. The van der Waals surface area contributed by atoms with Crippen LogP contribution >= 0.6 is 0 Å². The lowest BCUT2D eigenvalue weighted by Crippen LogP contribution is -2.66. The van der Waals surface area contributed by atoms with E-state index in [0.717, 1.165) is 32.1 Å². The molecule has 25 heavy (non-hydrogen) atoms. The van der Waals surface area contributed by atoms with E-state index in [9.17, 15) is 15.0 Å². The first-order chi connectivity index (χ1) is 11.7. The van der Waals surface area contributed by atoms with Gasteiger partial charge >= 0.3 is 5.97 Å². The highest BCUT2D eigenvalue weighted by molar-refractivity contribution is 5.73. The predicted octanol–water partition coefficient (Wildman–Crippen LogP) is 2.43. The van der Waals surface area contributed by atoms with Crippen LogP contribution in [0.5, 0.6) is 0 Å². The molecule has 0 amide bonds. The summed E-state index contributed by atoms with van der Waals surface area (Å²) >= 11 is 0. The average molecular weight is 352 g/mol. The molecule has 4 aliphatic rings. The zero-order chi connectivity index (χ0) is 18.1. The fourth-order valence-electron chi connectivity index (χ4n) is 6.94. The Morgan fingerprint density at radius 1 is 1.16 bits per heavy atom. The standard InChI is InChI=1S/C20H32O5/c1-13-4-5-14-17(2,11-21)15(22)6-7-18(14,3)20(13)9-8-19(25-20)10-16(23)24-12-19/h13-15,21-22H,4-12H2,1-3H3/t13-,14-,15+,17+,18+,19+,20-/m1/s1. The third-order valence-electron chi connectivity index (χ3n) is 8.57. The van der Waals surface area contributed by atoms with Gasteiger partial charge in [-0.15, -0.1) is 0 Å². The zero-order valence-electron chi connectivity index (χ0n) is 15.7. The van der Waals surface area contributed by atoms with Gasteiger partial charge in [0.1, 0.15) is 12.2 Å². The highest BCUT2D eigenvalue weighted by atomic mass is 16.6. The van der Waals surface area contributed by atoms with Gasteiger partial charge in [-0.1, -0.05) is 20.8 Å². The molecule has 2 aliphatic heterocycles. The van der Waals surface area contributed by atoms with E-state index < -0.39 is 17.1 Å². The Morgan fingerprint density at radius 3 is 2.56 bits per heavy atom. The van der Waals surface area contributed by atoms with Crippen molar-refractivity contribution < 1.29 is 24.5 Å². The van der Waals surface area contributed by atoms with Gasteiger partial charge in [-0.3, -0.25) is 4.79 Å². The van der Waals surface area contributed by atoms with Crippen molar-refractivity contribution in [3.63, 3.8) is 0 Å². The minimum absolute atomic E-state index is 0.00558. The fraction of sp³-hybridized carbons (Fsp3) is 0.950. The normalized spacial score (nSPS) is 55.6. The molecule has 5 nitrogen and oxygen atoms in total. The smallest absolute Gasteiger partial charge is 0.308 e. The molecular formula is C20H32O5. The first-order valence-electron chi connectivity index (χ1n) is 9.86. The van der Waals surface area contributed by atoms with Crippen LogP contribution in [-0.4, -0.2) is 46.7 Å². The number of aliphatic hydroxyl groups excluding tert-OH is 2. The number of esters is 1. The Bertz CT molecular complexity index is 578. The molecular weight excluding hydrogens is 320 g/mol. The predicted molar refractivity (Wildman–Crippen MR) is 91.8 cm³/mol. The van der Waals surface area contributed by atoms with Crippen molar-refractivity contribution >= 4 is 5.97 Å². The van der Waals surface area contributed by atoms with E-state index in [1.807, 2.05) is 6.92 Å².